The lowest BCUT2D eigenvalue weighted by atomic mass is 9.92. The van der Waals surface area contributed by atoms with E-state index >= 15 is 0 Å². The van der Waals surface area contributed by atoms with Crippen molar-refractivity contribution in [1.82, 2.24) is 4.98 Å². The van der Waals surface area contributed by atoms with E-state index in [-0.39, 0.29) is 12.4 Å². The summed E-state index contributed by atoms with van der Waals surface area (Å²) in [5.41, 5.74) is 6.38. The molecule has 0 amide bonds. The van der Waals surface area contributed by atoms with E-state index in [1.165, 1.54) is 52.6 Å². The number of fused-ring (bicyclic) bond motifs is 3. The van der Waals surface area contributed by atoms with Gasteiger partial charge in [0.25, 0.3) is 0 Å². The highest BCUT2D eigenvalue weighted by molar-refractivity contribution is 9.10. The van der Waals surface area contributed by atoms with E-state index in [0.29, 0.717) is 0 Å². The SMILES string of the molecule is Brc1ccc(-c2cc(-c3ccccc3)c3c4c(sc3n2)CCCC4)cc1.[Cl-]. The van der Waals surface area contributed by atoms with Gasteiger partial charge in [0.05, 0.1) is 5.69 Å². The van der Waals surface area contributed by atoms with Crippen molar-refractivity contribution in [3.05, 3.63) is 75.6 Å². The topological polar surface area (TPSA) is 12.9 Å². The molecule has 0 saturated heterocycles. The van der Waals surface area contributed by atoms with Crippen LogP contribution in [0.5, 0.6) is 0 Å². The van der Waals surface area contributed by atoms with Gasteiger partial charge in [-0.05, 0) is 60.6 Å². The van der Waals surface area contributed by atoms with Gasteiger partial charge in [-0.25, -0.2) is 4.98 Å². The molecule has 0 radical (unpaired) electrons. The Kier molecular flexibility index (Phi) is 5.36. The molecule has 5 rings (SSSR count). The summed E-state index contributed by atoms with van der Waals surface area (Å²) in [6.07, 6.45) is 4.99. The Hall–Kier alpha value is -1.68. The van der Waals surface area contributed by atoms with Crippen LogP contribution in [0.2, 0.25) is 0 Å². The fraction of sp³-hybridized carbons (Fsp3) is 0.174. The molecule has 0 aliphatic heterocycles. The van der Waals surface area contributed by atoms with Gasteiger partial charge in [0.2, 0.25) is 0 Å². The monoisotopic (exact) mass is 454 g/mol. The lowest BCUT2D eigenvalue weighted by Gasteiger charge is -2.13. The van der Waals surface area contributed by atoms with Crippen molar-refractivity contribution in [1.29, 1.82) is 0 Å². The normalized spacial score (nSPS) is 13.2. The summed E-state index contributed by atoms with van der Waals surface area (Å²) in [5, 5.41) is 1.39. The van der Waals surface area contributed by atoms with Gasteiger partial charge in [-0.15, -0.1) is 11.3 Å². The van der Waals surface area contributed by atoms with Gasteiger partial charge in [0.15, 0.2) is 0 Å². The van der Waals surface area contributed by atoms with Crippen LogP contribution in [0.1, 0.15) is 23.3 Å². The van der Waals surface area contributed by atoms with Gasteiger partial charge in [-0.1, -0.05) is 58.4 Å². The van der Waals surface area contributed by atoms with E-state index in [2.05, 4.69) is 76.6 Å². The van der Waals surface area contributed by atoms with Gasteiger partial charge in [-0.3, -0.25) is 0 Å². The third-order valence-corrected chi connectivity index (χ3v) is 6.86. The molecule has 0 fully saturated rings. The maximum absolute atomic E-state index is 5.07. The number of aryl methyl sites for hydroxylation is 2. The van der Waals surface area contributed by atoms with Gasteiger partial charge in [0.1, 0.15) is 4.83 Å². The Morgan fingerprint density at radius 1 is 0.852 bits per heavy atom. The number of thiophene rings is 1. The number of halogens is 2. The number of rotatable bonds is 2. The van der Waals surface area contributed by atoms with Crippen LogP contribution in [0, 0.1) is 0 Å². The largest absolute Gasteiger partial charge is 1.00 e. The van der Waals surface area contributed by atoms with Crippen LogP contribution in [0.25, 0.3) is 32.6 Å². The van der Waals surface area contributed by atoms with E-state index in [9.17, 15) is 0 Å². The van der Waals surface area contributed by atoms with Crippen molar-refractivity contribution in [2.75, 3.05) is 0 Å². The van der Waals surface area contributed by atoms with Gasteiger partial charge in [0, 0.05) is 20.3 Å². The van der Waals surface area contributed by atoms with Gasteiger partial charge in [-0.2, -0.15) is 0 Å². The fourth-order valence-electron chi connectivity index (χ4n) is 3.87. The van der Waals surface area contributed by atoms with Crippen LogP contribution in [-0.4, -0.2) is 4.98 Å². The summed E-state index contributed by atoms with van der Waals surface area (Å²) in [6.45, 7) is 0. The number of hydrogen-bond acceptors (Lipinski definition) is 2. The number of nitrogens with zero attached hydrogens (tertiary/aromatic N) is 1. The van der Waals surface area contributed by atoms with Crippen LogP contribution in [0.3, 0.4) is 0 Å². The lowest BCUT2D eigenvalue weighted by Crippen LogP contribution is -3.00. The first-order valence-electron chi connectivity index (χ1n) is 9.06. The zero-order valence-corrected chi connectivity index (χ0v) is 17.9. The first-order valence-corrected chi connectivity index (χ1v) is 10.7. The molecule has 4 aromatic rings. The first-order chi connectivity index (χ1) is 12.8. The van der Waals surface area contributed by atoms with E-state index < -0.39 is 0 Å². The van der Waals surface area contributed by atoms with Crippen molar-refractivity contribution in [3.8, 4) is 22.4 Å². The molecule has 0 bridgehead atoms. The smallest absolute Gasteiger partial charge is 0.125 e. The maximum Gasteiger partial charge on any atom is 0.125 e. The molecule has 2 aromatic heterocycles. The van der Waals surface area contributed by atoms with Crippen LogP contribution < -0.4 is 12.4 Å². The molecular formula is C23H18BrClNS-. The van der Waals surface area contributed by atoms with E-state index in [4.69, 9.17) is 4.98 Å². The minimum atomic E-state index is 0. The van der Waals surface area contributed by atoms with Gasteiger partial charge >= 0.3 is 0 Å². The maximum atomic E-state index is 5.07. The summed E-state index contributed by atoms with van der Waals surface area (Å²) >= 11 is 5.43. The highest BCUT2D eigenvalue weighted by Crippen LogP contribution is 2.42. The molecular weight excluding hydrogens is 438 g/mol. The summed E-state index contributed by atoms with van der Waals surface area (Å²) in [4.78, 5) is 7.81. The predicted molar refractivity (Wildman–Crippen MR) is 115 cm³/mol. The number of hydrogen-bond donors (Lipinski definition) is 0. The fourth-order valence-corrected chi connectivity index (χ4v) is 5.42. The molecule has 27 heavy (non-hydrogen) atoms. The molecule has 0 spiro atoms. The number of pyridine rings is 1. The molecule has 1 nitrogen and oxygen atoms in total. The summed E-state index contributed by atoms with van der Waals surface area (Å²) in [5.74, 6) is 0. The second-order valence-corrected chi connectivity index (χ2v) is 8.82. The Morgan fingerprint density at radius 3 is 2.37 bits per heavy atom. The van der Waals surface area contributed by atoms with E-state index in [1.807, 2.05) is 11.3 Å². The molecule has 136 valence electrons. The van der Waals surface area contributed by atoms with E-state index in [0.717, 1.165) is 10.2 Å². The van der Waals surface area contributed by atoms with Crippen molar-refractivity contribution >= 4 is 37.5 Å². The summed E-state index contributed by atoms with van der Waals surface area (Å²) < 4.78 is 1.09. The third kappa shape index (κ3) is 3.44. The summed E-state index contributed by atoms with van der Waals surface area (Å²) in [7, 11) is 0. The second kappa shape index (κ2) is 7.75. The number of aromatic nitrogens is 1. The van der Waals surface area contributed by atoms with Crippen LogP contribution >= 0.6 is 27.3 Å². The molecule has 1 aliphatic rings. The molecule has 1 aliphatic carbocycles. The molecule has 0 atom stereocenters. The minimum Gasteiger partial charge on any atom is -1.00 e. The molecule has 0 unspecified atom stereocenters. The highest BCUT2D eigenvalue weighted by atomic mass is 79.9. The second-order valence-electron chi connectivity index (χ2n) is 6.82. The quantitative estimate of drug-likeness (QED) is 0.440. The third-order valence-electron chi connectivity index (χ3n) is 5.15. The van der Waals surface area contributed by atoms with Crippen molar-refractivity contribution in [2.45, 2.75) is 25.7 Å². The highest BCUT2D eigenvalue weighted by Gasteiger charge is 2.21. The summed E-state index contributed by atoms with van der Waals surface area (Å²) in [6, 6.07) is 21.5. The predicted octanol–water partition coefficient (Wildman–Crippen LogP) is 4.28. The number of benzene rings is 2. The molecule has 2 heterocycles. The van der Waals surface area contributed by atoms with Gasteiger partial charge < -0.3 is 12.4 Å². The van der Waals surface area contributed by atoms with Crippen molar-refractivity contribution in [3.63, 3.8) is 0 Å². The zero-order valence-electron chi connectivity index (χ0n) is 14.7. The first kappa shape index (κ1) is 18.7. The van der Waals surface area contributed by atoms with Crippen molar-refractivity contribution in [2.24, 2.45) is 0 Å². The average molecular weight is 456 g/mol. The Morgan fingerprint density at radius 2 is 1.59 bits per heavy atom. The molecule has 0 N–H and O–H groups in total. The lowest BCUT2D eigenvalue weighted by molar-refractivity contribution is -0.00000486. The molecule has 4 heteroatoms. The Labute approximate surface area is 178 Å². The standard InChI is InChI=1S/C23H18BrNS.ClH/c24-17-12-10-16(11-13-17)20-14-19(15-6-2-1-3-7-15)22-18-8-4-5-9-21(18)26-23(22)25-20;/h1-3,6-7,10-14H,4-5,8-9H2;1H/p-1. The van der Waals surface area contributed by atoms with Crippen molar-refractivity contribution < 1.29 is 12.4 Å². The average Bonchev–Trinajstić information content (AvgIpc) is 3.07. The Bertz CT molecular complexity index is 1090. The minimum absolute atomic E-state index is 0. The van der Waals surface area contributed by atoms with Crippen LogP contribution in [0.4, 0.5) is 0 Å². The van der Waals surface area contributed by atoms with Crippen LogP contribution in [0.15, 0.2) is 65.1 Å². The van der Waals surface area contributed by atoms with Crippen LogP contribution in [-0.2, 0) is 12.8 Å². The zero-order chi connectivity index (χ0) is 17.5. The molecule has 2 aromatic carbocycles. The Balaban J connectivity index is 0.00000180. The molecule has 0 saturated carbocycles. The van der Waals surface area contributed by atoms with E-state index in [1.54, 1.807) is 10.4 Å².